The van der Waals surface area contributed by atoms with E-state index in [9.17, 15) is 8.78 Å². The van der Waals surface area contributed by atoms with E-state index in [-0.39, 0.29) is 0 Å². The molecule has 0 bridgehead atoms. The van der Waals surface area contributed by atoms with E-state index in [0.29, 0.717) is 23.6 Å². The second-order valence-corrected chi connectivity index (χ2v) is 3.37. The average Bonchev–Trinajstić information content (AvgIpc) is 2.65. The maximum atomic E-state index is 13.0. The van der Waals surface area contributed by atoms with Gasteiger partial charge >= 0.3 is 0 Å². The van der Waals surface area contributed by atoms with Gasteiger partial charge in [-0.25, -0.2) is 8.78 Å². The minimum absolute atomic E-state index is 0.340. The predicted molar refractivity (Wildman–Crippen MR) is 54.6 cm³/mol. The van der Waals surface area contributed by atoms with E-state index in [1.54, 1.807) is 13.1 Å². The van der Waals surface area contributed by atoms with E-state index in [1.807, 2.05) is 0 Å². The number of nitrogens with zero attached hydrogens (tertiary/aromatic N) is 1. The molecule has 0 fully saturated rings. The van der Waals surface area contributed by atoms with Crippen molar-refractivity contribution in [3.05, 3.63) is 41.6 Å². The topological polar surface area (TPSA) is 38.1 Å². The van der Waals surface area contributed by atoms with Gasteiger partial charge < -0.3 is 9.84 Å². The number of rotatable bonds is 3. The molecule has 0 unspecified atom stereocenters. The summed E-state index contributed by atoms with van der Waals surface area (Å²) in [6.45, 7) is 0.543. The molecule has 5 heteroatoms. The van der Waals surface area contributed by atoms with Gasteiger partial charge in [0.1, 0.15) is 11.6 Å². The van der Waals surface area contributed by atoms with Crippen molar-refractivity contribution in [3.8, 4) is 11.3 Å². The molecule has 0 saturated heterocycles. The molecule has 2 rings (SSSR count). The summed E-state index contributed by atoms with van der Waals surface area (Å²) in [6.07, 6.45) is 0. The second-order valence-electron chi connectivity index (χ2n) is 3.37. The molecule has 0 aliphatic heterocycles. The van der Waals surface area contributed by atoms with E-state index in [0.717, 1.165) is 6.07 Å². The Bertz CT molecular complexity index is 476. The van der Waals surface area contributed by atoms with Crippen LogP contribution in [0, 0.1) is 11.6 Å². The molecule has 84 valence electrons. The maximum Gasteiger partial charge on any atom is 0.167 e. The first-order valence-corrected chi connectivity index (χ1v) is 4.75. The Morgan fingerprint density at radius 3 is 2.50 bits per heavy atom. The Kier molecular flexibility index (Phi) is 2.96. The number of hydrogen-bond donors (Lipinski definition) is 1. The Morgan fingerprint density at radius 1 is 1.19 bits per heavy atom. The number of nitrogens with one attached hydrogen (secondary N) is 1. The third-order valence-corrected chi connectivity index (χ3v) is 2.06. The summed E-state index contributed by atoms with van der Waals surface area (Å²) in [5, 5.41) is 6.66. The van der Waals surface area contributed by atoms with Gasteiger partial charge in [-0.2, -0.15) is 0 Å². The highest BCUT2D eigenvalue weighted by molar-refractivity contribution is 5.57. The van der Waals surface area contributed by atoms with E-state index < -0.39 is 11.6 Å². The van der Waals surface area contributed by atoms with Crippen LogP contribution < -0.4 is 5.32 Å². The number of hydrogen-bond acceptors (Lipinski definition) is 3. The van der Waals surface area contributed by atoms with Gasteiger partial charge in [-0.05, 0) is 19.2 Å². The molecule has 1 aromatic heterocycles. The first-order chi connectivity index (χ1) is 7.69. The van der Waals surface area contributed by atoms with Crippen LogP contribution in [-0.4, -0.2) is 12.2 Å². The zero-order valence-electron chi connectivity index (χ0n) is 8.63. The maximum absolute atomic E-state index is 13.0. The predicted octanol–water partition coefficient (Wildman–Crippen LogP) is 2.34. The van der Waals surface area contributed by atoms with Crippen LogP contribution in [0.1, 0.15) is 5.69 Å². The van der Waals surface area contributed by atoms with Gasteiger partial charge in [-0.1, -0.05) is 5.16 Å². The normalized spacial score (nSPS) is 10.7. The highest BCUT2D eigenvalue weighted by Gasteiger charge is 2.08. The molecule has 0 aliphatic rings. The lowest BCUT2D eigenvalue weighted by molar-refractivity contribution is 0.421. The first-order valence-electron chi connectivity index (χ1n) is 4.75. The molecule has 2 aromatic rings. The van der Waals surface area contributed by atoms with Crippen molar-refractivity contribution >= 4 is 0 Å². The lowest BCUT2D eigenvalue weighted by atomic mass is 10.1. The molecule has 0 amide bonds. The van der Waals surface area contributed by atoms with Crippen LogP contribution in [-0.2, 0) is 6.54 Å². The van der Waals surface area contributed by atoms with Gasteiger partial charge in [-0.3, -0.25) is 0 Å². The van der Waals surface area contributed by atoms with Crippen LogP contribution in [0.2, 0.25) is 0 Å². The third-order valence-electron chi connectivity index (χ3n) is 2.06. The van der Waals surface area contributed by atoms with E-state index in [4.69, 9.17) is 4.52 Å². The van der Waals surface area contributed by atoms with Crippen LogP contribution in [0.3, 0.4) is 0 Å². The van der Waals surface area contributed by atoms with Crippen molar-refractivity contribution in [2.24, 2.45) is 0 Å². The molecule has 0 saturated carbocycles. The largest absolute Gasteiger partial charge is 0.356 e. The van der Waals surface area contributed by atoms with Gasteiger partial charge in [0.25, 0.3) is 0 Å². The summed E-state index contributed by atoms with van der Waals surface area (Å²) in [5.41, 5.74) is 1.02. The molecule has 3 nitrogen and oxygen atoms in total. The van der Waals surface area contributed by atoms with Crippen molar-refractivity contribution < 1.29 is 13.3 Å². The molecular formula is C11H10F2N2O. The SMILES string of the molecule is CNCc1cc(-c2cc(F)cc(F)c2)on1. The highest BCUT2D eigenvalue weighted by Crippen LogP contribution is 2.22. The van der Waals surface area contributed by atoms with Crippen molar-refractivity contribution in [3.63, 3.8) is 0 Å². The zero-order valence-corrected chi connectivity index (χ0v) is 8.63. The lowest BCUT2D eigenvalue weighted by Crippen LogP contribution is -2.04. The minimum atomic E-state index is -0.637. The smallest absolute Gasteiger partial charge is 0.167 e. The summed E-state index contributed by atoms with van der Waals surface area (Å²) >= 11 is 0. The Balaban J connectivity index is 2.34. The molecule has 0 atom stereocenters. The summed E-state index contributed by atoms with van der Waals surface area (Å²) in [7, 11) is 1.77. The molecule has 1 heterocycles. The van der Waals surface area contributed by atoms with Crippen molar-refractivity contribution in [1.29, 1.82) is 0 Å². The van der Waals surface area contributed by atoms with Crippen molar-refractivity contribution in [2.45, 2.75) is 6.54 Å². The fraction of sp³-hybridized carbons (Fsp3) is 0.182. The number of halogens is 2. The molecule has 0 aliphatic carbocycles. The van der Waals surface area contributed by atoms with Crippen LogP contribution in [0.5, 0.6) is 0 Å². The molecule has 16 heavy (non-hydrogen) atoms. The fourth-order valence-corrected chi connectivity index (χ4v) is 1.41. The zero-order chi connectivity index (χ0) is 11.5. The second kappa shape index (κ2) is 4.40. The average molecular weight is 224 g/mol. The summed E-state index contributed by atoms with van der Waals surface area (Å²) in [4.78, 5) is 0. The van der Waals surface area contributed by atoms with Gasteiger partial charge in [0.05, 0.1) is 5.69 Å². The van der Waals surface area contributed by atoms with Crippen LogP contribution >= 0.6 is 0 Å². The summed E-state index contributed by atoms with van der Waals surface area (Å²) in [6, 6.07) is 4.86. The summed E-state index contributed by atoms with van der Waals surface area (Å²) < 4.78 is 30.9. The molecule has 0 radical (unpaired) electrons. The van der Waals surface area contributed by atoms with Gasteiger partial charge in [0.15, 0.2) is 5.76 Å². The molecule has 1 N–H and O–H groups in total. The van der Waals surface area contributed by atoms with Crippen molar-refractivity contribution in [1.82, 2.24) is 10.5 Å². The van der Waals surface area contributed by atoms with Gasteiger partial charge in [0, 0.05) is 24.2 Å². The lowest BCUT2D eigenvalue weighted by Gasteiger charge is -1.96. The quantitative estimate of drug-likeness (QED) is 0.869. The van der Waals surface area contributed by atoms with E-state index in [1.165, 1.54) is 12.1 Å². The Labute approximate surface area is 91.1 Å². The van der Waals surface area contributed by atoms with Crippen LogP contribution in [0.15, 0.2) is 28.8 Å². The highest BCUT2D eigenvalue weighted by atomic mass is 19.1. The molecule has 1 aromatic carbocycles. The van der Waals surface area contributed by atoms with Crippen LogP contribution in [0.25, 0.3) is 11.3 Å². The summed E-state index contributed by atoms with van der Waals surface area (Å²) in [5.74, 6) is -0.924. The molecule has 0 spiro atoms. The third kappa shape index (κ3) is 2.25. The fourth-order valence-electron chi connectivity index (χ4n) is 1.41. The van der Waals surface area contributed by atoms with E-state index >= 15 is 0 Å². The number of aromatic nitrogens is 1. The molecular weight excluding hydrogens is 214 g/mol. The standard InChI is InChI=1S/C11H10F2N2O/c1-14-6-10-5-11(16-15-10)7-2-8(12)4-9(13)3-7/h2-5,14H,6H2,1H3. The van der Waals surface area contributed by atoms with Crippen molar-refractivity contribution in [2.75, 3.05) is 7.05 Å². The Hall–Kier alpha value is -1.75. The van der Waals surface area contributed by atoms with E-state index in [2.05, 4.69) is 10.5 Å². The first kappa shape index (κ1) is 10.8. The number of benzene rings is 1. The van der Waals surface area contributed by atoms with Gasteiger partial charge in [0.2, 0.25) is 0 Å². The monoisotopic (exact) mass is 224 g/mol. The van der Waals surface area contributed by atoms with Crippen LogP contribution in [0.4, 0.5) is 8.78 Å². The van der Waals surface area contributed by atoms with Gasteiger partial charge in [-0.15, -0.1) is 0 Å². The minimum Gasteiger partial charge on any atom is -0.356 e. The Morgan fingerprint density at radius 2 is 1.88 bits per heavy atom.